The van der Waals surface area contributed by atoms with Crippen molar-refractivity contribution < 1.29 is 70.9 Å². The smallest absolute Gasteiger partial charge is 0.367 e. The Kier molecular flexibility index (Phi) is 11.8. The summed E-state index contributed by atoms with van der Waals surface area (Å²) in [6.45, 7) is 4.00. The van der Waals surface area contributed by atoms with E-state index in [9.17, 15) is 61.5 Å². The maximum atomic E-state index is 13.1. The Morgan fingerprint density at radius 3 is 0.968 bits per heavy atom. The number of halogens is 14. The van der Waals surface area contributed by atoms with Crippen LogP contribution in [0.1, 0.15) is 25.5 Å². The fraction of sp³-hybridized carbons (Fsp3) is 0.600. The lowest BCUT2D eigenvalue weighted by Crippen LogP contribution is -2.43. The number of hydrogen-bond acceptors (Lipinski definition) is 2. The van der Waals surface area contributed by atoms with Crippen LogP contribution in [0.5, 0.6) is 0 Å². The zero-order valence-corrected chi connectivity index (χ0v) is 15.8. The molecule has 1 atom stereocenters. The summed E-state index contributed by atoms with van der Waals surface area (Å²) in [6, 6.07) is 0. The number of hydrogen-bond donors (Lipinski definition) is 0. The number of methoxy groups -OCH3 is 2. The number of benzene rings is 1. The summed E-state index contributed by atoms with van der Waals surface area (Å²) < 4.78 is 176. The molecule has 0 heterocycles. The average Bonchev–Trinajstić information content (AvgIpc) is 2.61. The second kappa shape index (κ2) is 11.7. The molecule has 0 spiro atoms. The van der Waals surface area contributed by atoms with Crippen LogP contribution in [0, 0.1) is 29.1 Å². The second-order valence-corrected chi connectivity index (χ2v) is 4.84. The van der Waals surface area contributed by atoms with Crippen molar-refractivity contribution in [2.45, 2.75) is 44.6 Å². The number of ether oxygens (including phenoxy) is 2. The predicted octanol–water partition coefficient (Wildman–Crippen LogP) is 6.78. The lowest BCUT2D eigenvalue weighted by molar-refractivity contribution is -0.315. The third-order valence-corrected chi connectivity index (χ3v) is 2.87. The van der Waals surface area contributed by atoms with Gasteiger partial charge in [-0.1, -0.05) is 13.8 Å². The maximum Gasteiger partial charge on any atom is 0.423 e. The van der Waals surface area contributed by atoms with Crippen molar-refractivity contribution >= 4 is 0 Å². The molecule has 0 N–H and O–H groups in total. The summed E-state index contributed by atoms with van der Waals surface area (Å²) in [7, 11) is 0.780. The quantitative estimate of drug-likeness (QED) is 0.263. The lowest BCUT2D eigenvalue weighted by atomic mass is 10.1. The van der Waals surface area contributed by atoms with Gasteiger partial charge in [0.15, 0.2) is 29.4 Å². The first-order valence-corrected chi connectivity index (χ1v) is 7.59. The van der Waals surface area contributed by atoms with Crippen LogP contribution in [-0.2, 0) is 9.47 Å². The summed E-state index contributed by atoms with van der Waals surface area (Å²) in [5.74, 6) is -12.6. The van der Waals surface area contributed by atoms with Crippen LogP contribution >= 0.6 is 0 Å². The van der Waals surface area contributed by atoms with Crippen molar-refractivity contribution in [3.8, 4) is 0 Å². The monoisotopic (exact) mass is 492 g/mol. The van der Waals surface area contributed by atoms with Crippen LogP contribution in [0.2, 0.25) is 0 Å². The lowest BCUT2D eigenvalue weighted by Gasteiger charge is -2.20. The van der Waals surface area contributed by atoms with E-state index < -0.39 is 65.4 Å². The molecule has 0 fully saturated rings. The van der Waals surface area contributed by atoms with Gasteiger partial charge in [-0.2, -0.15) is 39.5 Å². The van der Waals surface area contributed by atoms with E-state index in [0.717, 1.165) is 0 Å². The average molecular weight is 492 g/mol. The van der Waals surface area contributed by atoms with Crippen LogP contribution in [0.3, 0.4) is 0 Å². The Morgan fingerprint density at radius 2 is 0.806 bits per heavy atom. The van der Waals surface area contributed by atoms with Gasteiger partial charge < -0.3 is 9.47 Å². The van der Waals surface area contributed by atoms with Crippen molar-refractivity contribution in [3.05, 3.63) is 34.6 Å². The van der Waals surface area contributed by atoms with Crippen molar-refractivity contribution in [2.75, 3.05) is 14.2 Å². The normalized spacial score (nSPS) is 13.3. The van der Waals surface area contributed by atoms with Crippen LogP contribution in [-0.4, -0.2) is 38.9 Å². The van der Waals surface area contributed by atoms with Gasteiger partial charge in [-0.3, -0.25) is 0 Å². The van der Waals surface area contributed by atoms with Crippen molar-refractivity contribution in [2.24, 2.45) is 0 Å². The van der Waals surface area contributed by atoms with E-state index in [4.69, 9.17) is 0 Å². The van der Waals surface area contributed by atoms with Crippen molar-refractivity contribution in [1.82, 2.24) is 0 Å². The Bertz CT molecular complexity index is 650. The van der Waals surface area contributed by atoms with Gasteiger partial charge in [0.2, 0.25) is 11.9 Å². The first-order valence-electron chi connectivity index (χ1n) is 7.59. The summed E-state index contributed by atoms with van der Waals surface area (Å²) in [5.41, 5.74) is -2.07. The number of rotatable bonds is 3. The minimum atomic E-state index is -5.40. The molecule has 1 aromatic carbocycles. The molecule has 0 aliphatic rings. The molecule has 2 nitrogen and oxygen atoms in total. The van der Waals surface area contributed by atoms with Gasteiger partial charge in [0, 0.05) is 14.2 Å². The van der Waals surface area contributed by atoms with E-state index in [-0.39, 0.29) is 0 Å². The highest BCUT2D eigenvalue weighted by molar-refractivity contribution is 5.27. The van der Waals surface area contributed by atoms with Gasteiger partial charge in [-0.05, 0) is 0 Å². The Balaban J connectivity index is 0. The van der Waals surface area contributed by atoms with Crippen LogP contribution in [0.4, 0.5) is 61.5 Å². The first-order chi connectivity index (χ1) is 13.8. The molecule has 1 rings (SSSR count). The van der Waals surface area contributed by atoms with E-state index >= 15 is 0 Å². The highest BCUT2D eigenvalue weighted by Crippen LogP contribution is 2.39. The molecule has 0 radical (unpaired) electrons. The highest BCUT2D eigenvalue weighted by atomic mass is 19.4. The summed E-state index contributed by atoms with van der Waals surface area (Å²) in [4.78, 5) is 0. The standard InChI is InChI=1S/C9H4F8O.C4H4F6O.C2H6/c1-18-8(9(15,16)17)2-3(10)5(12)7(14)6(13)4(2)11;1-11-2(3(5,6)7)4(8,9)10;1-2/h8H,1H3;2H,1H3;1-2H3. The topological polar surface area (TPSA) is 18.5 Å². The van der Waals surface area contributed by atoms with Gasteiger partial charge in [-0.15, -0.1) is 0 Å². The molecule has 184 valence electrons. The van der Waals surface area contributed by atoms with Crippen LogP contribution in [0.25, 0.3) is 0 Å². The molecule has 0 aromatic heterocycles. The van der Waals surface area contributed by atoms with Gasteiger partial charge in [0.1, 0.15) is 0 Å². The van der Waals surface area contributed by atoms with Crippen molar-refractivity contribution in [1.29, 1.82) is 0 Å². The molecule has 0 bridgehead atoms. The number of alkyl halides is 9. The fourth-order valence-electron chi connectivity index (χ4n) is 1.72. The largest absolute Gasteiger partial charge is 0.423 e. The molecule has 31 heavy (non-hydrogen) atoms. The molecule has 1 aromatic rings. The molecule has 0 amide bonds. The molecule has 1 unspecified atom stereocenters. The molecule has 0 saturated carbocycles. The minimum Gasteiger partial charge on any atom is -0.367 e. The van der Waals surface area contributed by atoms with Gasteiger partial charge in [-0.25, -0.2) is 22.0 Å². The van der Waals surface area contributed by atoms with Gasteiger partial charge >= 0.3 is 18.5 Å². The van der Waals surface area contributed by atoms with E-state index in [0.29, 0.717) is 14.2 Å². The fourth-order valence-corrected chi connectivity index (χ4v) is 1.72. The summed E-state index contributed by atoms with van der Waals surface area (Å²) in [5, 5.41) is 0. The highest BCUT2D eigenvalue weighted by Gasteiger charge is 2.57. The van der Waals surface area contributed by atoms with Crippen molar-refractivity contribution in [3.63, 3.8) is 0 Å². The molecule has 0 aliphatic heterocycles. The maximum absolute atomic E-state index is 13.1. The van der Waals surface area contributed by atoms with Crippen LogP contribution in [0.15, 0.2) is 0 Å². The summed E-state index contributed by atoms with van der Waals surface area (Å²) in [6.07, 6.45) is -23.1. The Labute approximate surface area is 165 Å². The molecular weight excluding hydrogens is 478 g/mol. The third kappa shape index (κ3) is 8.31. The SMILES string of the molecule is CC.COC(C(F)(F)F)C(F)(F)F.COC(c1c(F)c(F)c(F)c(F)c1F)C(F)(F)F. The minimum absolute atomic E-state index is 0.353. The van der Waals surface area contributed by atoms with E-state index in [2.05, 4.69) is 9.47 Å². The van der Waals surface area contributed by atoms with E-state index in [1.165, 1.54) is 0 Å². The summed E-state index contributed by atoms with van der Waals surface area (Å²) >= 11 is 0. The first kappa shape index (κ1) is 31.3. The van der Waals surface area contributed by atoms with E-state index in [1.807, 2.05) is 13.8 Å². The van der Waals surface area contributed by atoms with Crippen LogP contribution < -0.4 is 0 Å². The Morgan fingerprint density at radius 1 is 0.516 bits per heavy atom. The molecule has 0 saturated heterocycles. The van der Waals surface area contributed by atoms with Gasteiger partial charge in [0.05, 0.1) is 5.56 Å². The molecule has 0 aliphatic carbocycles. The Hall–Kier alpha value is -1.84. The molecular formula is C15H14F14O2. The third-order valence-electron chi connectivity index (χ3n) is 2.87. The van der Waals surface area contributed by atoms with E-state index in [1.54, 1.807) is 0 Å². The zero-order valence-electron chi connectivity index (χ0n) is 15.8. The zero-order chi connectivity index (χ0) is 25.5. The van der Waals surface area contributed by atoms with Gasteiger partial charge in [0.25, 0.3) is 0 Å². The second-order valence-electron chi connectivity index (χ2n) is 4.84. The molecule has 16 heteroatoms. The predicted molar refractivity (Wildman–Crippen MR) is 76.3 cm³/mol.